The van der Waals surface area contributed by atoms with Crippen molar-refractivity contribution in [3.8, 4) is 11.5 Å². The lowest BCUT2D eigenvalue weighted by Crippen LogP contribution is -1.95. The summed E-state index contributed by atoms with van der Waals surface area (Å²) in [7, 11) is 1.68. The molecule has 0 bridgehead atoms. The molecule has 3 aromatic rings. The third kappa shape index (κ3) is 5.37. The molecule has 0 heterocycles. The monoisotopic (exact) mass is 356 g/mol. The van der Waals surface area contributed by atoms with Gasteiger partial charge in [0.2, 0.25) is 0 Å². The van der Waals surface area contributed by atoms with E-state index in [1.54, 1.807) is 7.11 Å². The Kier molecular flexibility index (Phi) is 6.51. The molecule has 2 nitrogen and oxygen atoms in total. The van der Waals surface area contributed by atoms with Gasteiger partial charge in [0.15, 0.2) is 0 Å². The van der Waals surface area contributed by atoms with Crippen molar-refractivity contribution in [3.05, 3.63) is 108 Å². The van der Waals surface area contributed by atoms with Gasteiger partial charge in [-0.25, -0.2) is 0 Å². The fraction of sp³-hybridized carbons (Fsp3) is 0.160. The van der Waals surface area contributed by atoms with Crippen LogP contribution in [0.3, 0.4) is 0 Å². The molecule has 0 aliphatic carbocycles. The standard InChI is InChI=1S/C25H24O2/c1-3-22(12-9-20-10-15-24(26-2)16-11-20)23-13-17-25(18-14-23)27-19-21-7-5-4-6-8-21/h4-8,10-11,13-18H,1,9,12,19H2,2H3. The topological polar surface area (TPSA) is 18.5 Å². The minimum absolute atomic E-state index is 0.571. The average molecular weight is 356 g/mol. The minimum Gasteiger partial charge on any atom is -0.497 e. The third-order valence-electron chi connectivity index (χ3n) is 4.49. The first-order chi connectivity index (χ1) is 13.3. The maximum Gasteiger partial charge on any atom is 0.119 e. The SMILES string of the molecule is C=C=C(CCc1ccc(OC)cc1)c1ccc(OCc2ccccc2)cc1. The van der Waals surface area contributed by atoms with Crippen LogP contribution in [0.25, 0.3) is 5.57 Å². The predicted molar refractivity (Wildman–Crippen MR) is 111 cm³/mol. The van der Waals surface area contributed by atoms with Gasteiger partial charge in [-0.1, -0.05) is 61.2 Å². The van der Waals surface area contributed by atoms with Crippen LogP contribution < -0.4 is 9.47 Å². The van der Waals surface area contributed by atoms with Crippen LogP contribution in [-0.2, 0) is 13.0 Å². The first-order valence-corrected chi connectivity index (χ1v) is 9.07. The molecule has 136 valence electrons. The number of hydrogen-bond acceptors (Lipinski definition) is 2. The van der Waals surface area contributed by atoms with Crippen LogP contribution in [0.2, 0.25) is 0 Å². The fourth-order valence-corrected chi connectivity index (χ4v) is 2.89. The highest BCUT2D eigenvalue weighted by atomic mass is 16.5. The number of benzene rings is 3. The van der Waals surface area contributed by atoms with Crippen LogP contribution in [0.4, 0.5) is 0 Å². The maximum atomic E-state index is 5.85. The molecule has 0 saturated heterocycles. The highest BCUT2D eigenvalue weighted by Crippen LogP contribution is 2.23. The number of methoxy groups -OCH3 is 1. The van der Waals surface area contributed by atoms with E-state index in [4.69, 9.17) is 9.47 Å². The Morgan fingerprint density at radius 3 is 2.11 bits per heavy atom. The van der Waals surface area contributed by atoms with E-state index < -0.39 is 0 Å². The van der Waals surface area contributed by atoms with Gasteiger partial charge in [0.1, 0.15) is 18.1 Å². The summed E-state index contributed by atoms with van der Waals surface area (Å²) >= 11 is 0. The molecule has 0 atom stereocenters. The Bertz CT molecular complexity index is 887. The molecule has 0 unspecified atom stereocenters. The molecule has 0 spiro atoms. The second kappa shape index (κ2) is 9.47. The molecule has 0 amide bonds. The number of aryl methyl sites for hydroxylation is 1. The molecule has 0 aliphatic rings. The lowest BCUT2D eigenvalue weighted by molar-refractivity contribution is 0.306. The van der Waals surface area contributed by atoms with E-state index in [0.717, 1.165) is 41.0 Å². The summed E-state index contributed by atoms with van der Waals surface area (Å²) in [6.07, 6.45) is 1.83. The van der Waals surface area contributed by atoms with Crippen LogP contribution in [0.1, 0.15) is 23.1 Å². The van der Waals surface area contributed by atoms with Gasteiger partial charge in [-0.05, 0) is 53.8 Å². The Morgan fingerprint density at radius 1 is 0.815 bits per heavy atom. The summed E-state index contributed by atoms with van der Waals surface area (Å²) in [5.74, 6) is 1.74. The Labute approximate surface area is 161 Å². The molecular weight excluding hydrogens is 332 g/mol. The number of ether oxygens (including phenoxy) is 2. The molecule has 27 heavy (non-hydrogen) atoms. The van der Waals surface area contributed by atoms with E-state index in [-0.39, 0.29) is 0 Å². The van der Waals surface area contributed by atoms with Crippen molar-refractivity contribution >= 4 is 5.57 Å². The van der Waals surface area contributed by atoms with Crippen molar-refractivity contribution < 1.29 is 9.47 Å². The van der Waals surface area contributed by atoms with Crippen molar-refractivity contribution in [3.63, 3.8) is 0 Å². The maximum absolute atomic E-state index is 5.85. The number of allylic oxidation sites excluding steroid dienone is 1. The zero-order valence-electron chi connectivity index (χ0n) is 15.7. The zero-order valence-corrected chi connectivity index (χ0v) is 15.7. The molecule has 3 rings (SSSR count). The third-order valence-corrected chi connectivity index (χ3v) is 4.49. The van der Waals surface area contributed by atoms with Crippen molar-refractivity contribution in [1.29, 1.82) is 0 Å². The summed E-state index contributed by atoms with van der Waals surface area (Å²) in [5, 5.41) is 0. The van der Waals surface area contributed by atoms with Crippen LogP contribution >= 0.6 is 0 Å². The molecule has 0 radical (unpaired) electrons. The van der Waals surface area contributed by atoms with Gasteiger partial charge in [-0.2, -0.15) is 0 Å². The first-order valence-electron chi connectivity index (χ1n) is 9.07. The van der Waals surface area contributed by atoms with Crippen LogP contribution in [0.15, 0.2) is 91.2 Å². The zero-order chi connectivity index (χ0) is 18.9. The Morgan fingerprint density at radius 2 is 1.48 bits per heavy atom. The van der Waals surface area contributed by atoms with Crippen molar-refractivity contribution in [2.24, 2.45) is 0 Å². The lowest BCUT2D eigenvalue weighted by atomic mass is 9.99. The van der Waals surface area contributed by atoms with Gasteiger partial charge in [-0.15, -0.1) is 5.73 Å². The van der Waals surface area contributed by atoms with Gasteiger partial charge in [0.25, 0.3) is 0 Å². The summed E-state index contributed by atoms with van der Waals surface area (Å²) in [5.41, 5.74) is 7.76. The highest BCUT2D eigenvalue weighted by Gasteiger charge is 2.04. The molecule has 3 aromatic carbocycles. The van der Waals surface area contributed by atoms with E-state index in [0.29, 0.717) is 6.61 Å². The molecule has 0 N–H and O–H groups in total. The molecule has 0 aliphatic heterocycles. The number of hydrogen-bond donors (Lipinski definition) is 0. The van der Waals surface area contributed by atoms with Crippen LogP contribution in [0, 0.1) is 0 Å². The fourth-order valence-electron chi connectivity index (χ4n) is 2.89. The number of rotatable bonds is 8. The predicted octanol–water partition coefficient (Wildman–Crippen LogP) is 6.08. The van der Waals surface area contributed by atoms with E-state index in [1.807, 2.05) is 42.5 Å². The molecule has 2 heteroatoms. The summed E-state index contributed by atoms with van der Waals surface area (Å²) in [4.78, 5) is 0. The van der Waals surface area contributed by atoms with Crippen LogP contribution in [-0.4, -0.2) is 7.11 Å². The molecule has 0 saturated carbocycles. The Balaban J connectivity index is 1.57. The highest BCUT2D eigenvalue weighted by molar-refractivity contribution is 5.65. The minimum atomic E-state index is 0.571. The average Bonchev–Trinajstić information content (AvgIpc) is 2.74. The smallest absolute Gasteiger partial charge is 0.119 e. The van der Waals surface area contributed by atoms with E-state index in [2.05, 4.69) is 48.7 Å². The Hall–Kier alpha value is -3.22. The molecule has 0 aromatic heterocycles. The second-order valence-electron chi connectivity index (χ2n) is 6.30. The first kappa shape index (κ1) is 18.6. The second-order valence-corrected chi connectivity index (χ2v) is 6.30. The van der Waals surface area contributed by atoms with E-state index in [1.165, 1.54) is 5.56 Å². The summed E-state index contributed by atoms with van der Waals surface area (Å²) in [6, 6.07) is 26.5. The van der Waals surface area contributed by atoms with Gasteiger partial charge in [0, 0.05) is 5.57 Å². The van der Waals surface area contributed by atoms with Crippen molar-refractivity contribution in [2.45, 2.75) is 19.4 Å². The largest absolute Gasteiger partial charge is 0.497 e. The van der Waals surface area contributed by atoms with Gasteiger partial charge < -0.3 is 9.47 Å². The lowest BCUT2D eigenvalue weighted by Gasteiger charge is -2.09. The van der Waals surface area contributed by atoms with E-state index >= 15 is 0 Å². The quantitative estimate of drug-likeness (QED) is 0.456. The van der Waals surface area contributed by atoms with Gasteiger partial charge >= 0.3 is 0 Å². The van der Waals surface area contributed by atoms with Crippen molar-refractivity contribution in [1.82, 2.24) is 0 Å². The molecule has 0 fully saturated rings. The molecular formula is C25H24O2. The van der Waals surface area contributed by atoms with Gasteiger partial charge in [0.05, 0.1) is 7.11 Å². The van der Waals surface area contributed by atoms with E-state index in [9.17, 15) is 0 Å². The van der Waals surface area contributed by atoms with Crippen molar-refractivity contribution in [2.75, 3.05) is 7.11 Å². The summed E-state index contributed by atoms with van der Waals surface area (Å²) in [6.45, 7) is 4.43. The van der Waals surface area contributed by atoms with Crippen LogP contribution in [0.5, 0.6) is 11.5 Å². The normalized spacial score (nSPS) is 10.1. The van der Waals surface area contributed by atoms with Gasteiger partial charge in [-0.3, -0.25) is 0 Å². The summed E-state index contributed by atoms with van der Waals surface area (Å²) < 4.78 is 11.1.